The van der Waals surface area contributed by atoms with Gasteiger partial charge in [-0.2, -0.15) is 0 Å². The zero-order chi connectivity index (χ0) is 17.5. The van der Waals surface area contributed by atoms with Crippen LogP contribution in [0.25, 0.3) is 11.3 Å². The van der Waals surface area contributed by atoms with E-state index < -0.39 is 0 Å². The third kappa shape index (κ3) is 4.87. The number of nitrogens with one attached hydrogen (secondary N) is 1. The van der Waals surface area contributed by atoms with Gasteiger partial charge in [0.25, 0.3) is 0 Å². The quantitative estimate of drug-likeness (QED) is 0.826. The number of rotatable bonds is 7. The predicted octanol–water partition coefficient (Wildman–Crippen LogP) is 2.58. The number of amides is 1. The Kier molecular flexibility index (Phi) is 6.55. The maximum absolute atomic E-state index is 12.5. The maximum Gasteiger partial charge on any atom is 0.237 e. The molecule has 0 saturated carbocycles. The van der Waals surface area contributed by atoms with Gasteiger partial charge in [0, 0.05) is 37.0 Å². The van der Waals surface area contributed by atoms with Crippen LogP contribution in [0.15, 0.2) is 35.7 Å². The summed E-state index contributed by atoms with van der Waals surface area (Å²) in [6, 6.07) is 10.1. The molecule has 0 aliphatic carbocycles. The van der Waals surface area contributed by atoms with Crippen LogP contribution in [-0.2, 0) is 16.0 Å². The van der Waals surface area contributed by atoms with Crippen molar-refractivity contribution in [3.05, 3.63) is 40.7 Å². The second-order valence-corrected chi connectivity index (χ2v) is 7.05. The summed E-state index contributed by atoms with van der Waals surface area (Å²) in [5.41, 5.74) is 2.14. The van der Waals surface area contributed by atoms with Crippen LogP contribution in [0.3, 0.4) is 0 Å². The van der Waals surface area contributed by atoms with Crippen LogP contribution < -0.4 is 5.32 Å². The van der Waals surface area contributed by atoms with Crippen LogP contribution >= 0.6 is 11.3 Å². The molecule has 1 aliphatic rings. The first-order valence-electron chi connectivity index (χ1n) is 8.87. The van der Waals surface area contributed by atoms with Gasteiger partial charge in [-0.1, -0.05) is 37.3 Å². The van der Waals surface area contributed by atoms with Crippen molar-refractivity contribution >= 4 is 17.2 Å². The van der Waals surface area contributed by atoms with Crippen molar-refractivity contribution in [1.29, 1.82) is 0 Å². The molecule has 0 bridgehead atoms. The Labute approximate surface area is 153 Å². The lowest BCUT2D eigenvalue weighted by Crippen LogP contribution is -2.51. The first-order chi connectivity index (χ1) is 12.3. The second-order valence-electron chi connectivity index (χ2n) is 6.11. The van der Waals surface area contributed by atoms with Crippen LogP contribution in [0.4, 0.5) is 0 Å². The monoisotopic (exact) mass is 359 g/mol. The molecule has 0 unspecified atom stereocenters. The van der Waals surface area contributed by atoms with Gasteiger partial charge in [0.1, 0.15) is 0 Å². The minimum absolute atomic E-state index is 0.0555. The van der Waals surface area contributed by atoms with Crippen molar-refractivity contribution in [2.75, 3.05) is 32.8 Å². The van der Waals surface area contributed by atoms with Crippen molar-refractivity contribution in [2.24, 2.45) is 0 Å². The summed E-state index contributed by atoms with van der Waals surface area (Å²) < 4.78 is 5.37. The Morgan fingerprint density at radius 1 is 1.32 bits per heavy atom. The largest absolute Gasteiger partial charge is 0.379 e. The number of ether oxygens (including phenoxy) is 1. The number of morpholine rings is 1. The molecule has 1 aliphatic heterocycles. The highest BCUT2D eigenvalue weighted by Gasteiger charge is 2.25. The number of nitrogens with zero attached hydrogens (tertiary/aromatic N) is 2. The van der Waals surface area contributed by atoms with Crippen molar-refractivity contribution in [3.63, 3.8) is 0 Å². The Balaban J connectivity index is 1.49. The van der Waals surface area contributed by atoms with Gasteiger partial charge in [0.15, 0.2) is 0 Å². The molecular formula is C19H25N3O2S. The lowest BCUT2D eigenvalue weighted by Gasteiger charge is -2.32. The van der Waals surface area contributed by atoms with Gasteiger partial charge >= 0.3 is 0 Å². The van der Waals surface area contributed by atoms with Gasteiger partial charge in [-0.15, -0.1) is 11.3 Å². The van der Waals surface area contributed by atoms with Gasteiger partial charge in [0.05, 0.1) is 30.0 Å². The van der Waals surface area contributed by atoms with E-state index in [2.05, 4.69) is 39.6 Å². The number of hydrogen-bond donors (Lipinski definition) is 1. The molecular weight excluding hydrogens is 334 g/mol. The number of carbonyl (C=O) groups is 1. The van der Waals surface area contributed by atoms with Crippen LogP contribution in [0, 0.1) is 0 Å². The topological polar surface area (TPSA) is 54.5 Å². The molecule has 0 spiro atoms. The smallest absolute Gasteiger partial charge is 0.237 e. The highest BCUT2D eigenvalue weighted by atomic mass is 32.1. The third-order valence-corrected chi connectivity index (χ3v) is 5.34. The molecule has 1 aromatic carbocycles. The van der Waals surface area contributed by atoms with Crippen LogP contribution in [-0.4, -0.2) is 54.7 Å². The highest BCUT2D eigenvalue weighted by molar-refractivity contribution is 7.09. The summed E-state index contributed by atoms with van der Waals surface area (Å²) in [7, 11) is 0. The number of aromatic nitrogens is 1. The van der Waals surface area contributed by atoms with E-state index in [9.17, 15) is 4.79 Å². The fraction of sp³-hybridized carbons (Fsp3) is 0.474. The van der Waals surface area contributed by atoms with Gasteiger partial charge in [-0.05, 0) is 6.42 Å². The van der Waals surface area contributed by atoms with E-state index in [1.807, 2.05) is 18.2 Å². The number of thiazole rings is 1. The second kappa shape index (κ2) is 9.08. The van der Waals surface area contributed by atoms with Gasteiger partial charge in [-0.25, -0.2) is 4.98 Å². The zero-order valence-electron chi connectivity index (χ0n) is 14.6. The Bertz CT molecular complexity index is 668. The molecule has 1 saturated heterocycles. The minimum atomic E-state index is -0.0555. The Morgan fingerprint density at radius 2 is 2.08 bits per heavy atom. The molecule has 1 amide bonds. The minimum Gasteiger partial charge on any atom is -0.379 e. The summed E-state index contributed by atoms with van der Waals surface area (Å²) >= 11 is 1.65. The van der Waals surface area contributed by atoms with E-state index in [1.54, 1.807) is 11.3 Å². The molecule has 2 heterocycles. The van der Waals surface area contributed by atoms with Gasteiger partial charge in [-0.3, -0.25) is 9.69 Å². The fourth-order valence-corrected chi connectivity index (χ4v) is 3.88. The van der Waals surface area contributed by atoms with Gasteiger partial charge < -0.3 is 10.1 Å². The number of carbonyl (C=O) groups excluding carboxylic acids is 1. The van der Waals surface area contributed by atoms with E-state index >= 15 is 0 Å². The molecule has 3 rings (SSSR count). The molecule has 6 heteroatoms. The molecule has 1 fully saturated rings. The van der Waals surface area contributed by atoms with E-state index in [4.69, 9.17) is 4.74 Å². The molecule has 5 nitrogen and oxygen atoms in total. The molecule has 0 radical (unpaired) electrons. The molecule has 1 atom stereocenters. The maximum atomic E-state index is 12.5. The normalized spacial score (nSPS) is 16.5. The Hall–Kier alpha value is -1.76. The first-order valence-corrected chi connectivity index (χ1v) is 9.75. The van der Waals surface area contributed by atoms with Crippen molar-refractivity contribution in [2.45, 2.75) is 25.8 Å². The summed E-state index contributed by atoms with van der Waals surface area (Å²) in [5, 5.41) is 6.21. The SMILES string of the molecule is CC[C@@H](C(=O)NCCc1nc(-c2ccccc2)cs1)N1CCOCC1. The molecule has 25 heavy (non-hydrogen) atoms. The Morgan fingerprint density at radius 3 is 2.80 bits per heavy atom. The van der Waals surface area contributed by atoms with E-state index in [-0.39, 0.29) is 11.9 Å². The zero-order valence-corrected chi connectivity index (χ0v) is 15.4. The average molecular weight is 359 g/mol. The molecule has 2 aromatic rings. The number of hydrogen-bond acceptors (Lipinski definition) is 5. The molecule has 1 aromatic heterocycles. The van der Waals surface area contributed by atoms with E-state index in [0.29, 0.717) is 19.8 Å². The lowest BCUT2D eigenvalue weighted by atomic mass is 10.1. The van der Waals surface area contributed by atoms with Crippen molar-refractivity contribution < 1.29 is 9.53 Å². The first kappa shape index (κ1) is 18.0. The fourth-order valence-electron chi connectivity index (χ4n) is 3.08. The van der Waals surface area contributed by atoms with E-state index in [0.717, 1.165) is 42.2 Å². The average Bonchev–Trinajstić information content (AvgIpc) is 3.13. The molecule has 1 N–H and O–H groups in total. The molecule has 134 valence electrons. The van der Waals surface area contributed by atoms with Crippen LogP contribution in [0.5, 0.6) is 0 Å². The van der Waals surface area contributed by atoms with Crippen LogP contribution in [0.1, 0.15) is 18.4 Å². The summed E-state index contributed by atoms with van der Waals surface area (Å²) in [6.07, 6.45) is 1.59. The highest BCUT2D eigenvalue weighted by Crippen LogP contribution is 2.21. The third-order valence-electron chi connectivity index (χ3n) is 4.44. The summed E-state index contributed by atoms with van der Waals surface area (Å²) in [4.78, 5) is 19.4. The number of benzene rings is 1. The van der Waals surface area contributed by atoms with E-state index in [1.165, 1.54) is 0 Å². The standard InChI is InChI=1S/C19H25N3O2S/c1-2-17(22-10-12-24-13-11-22)19(23)20-9-8-18-21-16(14-25-18)15-6-4-3-5-7-15/h3-7,14,17H,2,8-13H2,1H3,(H,20,23)/t17-/m0/s1. The van der Waals surface area contributed by atoms with Crippen molar-refractivity contribution in [1.82, 2.24) is 15.2 Å². The summed E-state index contributed by atoms with van der Waals surface area (Å²) in [6.45, 7) is 5.78. The predicted molar refractivity (Wildman–Crippen MR) is 101 cm³/mol. The van der Waals surface area contributed by atoms with Gasteiger partial charge in [0.2, 0.25) is 5.91 Å². The summed E-state index contributed by atoms with van der Waals surface area (Å²) in [5.74, 6) is 0.115. The lowest BCUT2D eigenvalue weighted by molar-refractivity contribution is -0.128. The van der Waals surface area contributed by atoms with Crippen molar-refractivity contribution in [3.8, 4) is 11.3 Å². The van der Waals surface area contributed by atoms with Crippen LogP contribution in [0.2, 0.25) is 0 Å².